The van der Waals surface area contributed by atoms with Crippen molar-refractivity contribution in [2.45, 2.75) is 0 Å². The predicted octanol–water partition coefficient (Wildman–Crippen LogP) is 1.72. The maximum absolute atomic E-state index is 3.98. The number of pyridine rings is 1. The van der Waals surface area contributed by atoms with Crippen LogP contribution < -0.4 is 0 Å². The Balaban J connectivity index is 0.000000640. The summed E-state index contributed by atoms with van der Waals surface area (Å²) in [4.78, 5) is 3.98. The summed E-state index contributed by atoms with van der Waals surface area (Å²) in [5, 5.41) is 0. The van der Waals surface area contributed by atoms with Gasteiger partial charge >= 0.3 is 0 Å². The van der Waals surface area contributed by atoms with E-state index in [-0.39, 0.29) is 22.4 Å². The van der Waals surface area contributed by atoms with Gasteiger partial charge in [0.15, 0.2) is 0 Å². The molecule has 0 amide bonds. The zero-order valence-corrected chi connectivity index (χ0v) is 6.32. The van der Waals surface area contributed by atoms with Crippen LogP contribution in [0.25, 0.3) is 6.08 Å². The van der Waals surface area contributed by atoms with Crippen molar-refractivity contribution in [3.05, 3.63) is 36.7 Å². The Bertz CT molecular complexity index is 172. The molecule has 0 aromatic carbocycles. The molecule has 0 aliphatic heterocycles. The molecule has 0 aliphatic carbocycles. The molecule has 0 aliphatic rings. The molecule has 1 radical (unpaired) electrons. The molecule has 0 atom stereocenters. The standard InChI is InChI=1S/C7H7N.Ag/c1-2-7-5-3-4-6-8-7;/h2-6H,1H2;. The molecule has 1 heterocycles. The van der Waals surface area contributed by atoms with Crippen LogP contribution in [0.2, 0.25) is 0 Å². The minimum atomic E-state index is 0. The van der Waals surface area contributed by atoms with Crippen LogP contribution in [0.4, 0.5) is 0 Å². The molecule has 1 nitrogen and oxygen atoms in total. The Morgan fingerprint density at radius 2 is 2.22 bits per heavy atom. The Morgan fingerprint density at radius 1 is 1.44 bits per heavy atom. The summed E-state index contributed by atoms with van der Waals surface area (Å²) in [6.45, 7) is 3.57. The van der Waals surface area contributed by atoms with Crippen LogP contribution in [0.5, 0.6) is 0 Å². The molecule has 0 unspecified atom stereocenters. The topological polar surface area (TPSA) is 12.9 Å². The molecule has 51 valence electrons. The van der Waals surface area contributed by atoms with E-state index in [9.17, 15) is 0 Å². The van der Waals surface area contributed by atoms with Gasteiger partial charge in [0.05, 0.1) is 5.69 Å². The molecule has 1 rings (SSSR count). The fourth-order valence-corrected chi connectivity index (χ4v) is 0.497. The number of nitrogens with zero attached hydrogens (tertiary/aromatic N) is 1. The van der Waals surface area contributed by atoms with Gasteiger partial charge in [-0.15, -0.1) is 0 Å². The Morgan fingerprint density at radius 3 is 2.56 bits per heavy atom. The largest absolute Gasteiger partial charge is 0.257 e. The van der Waals surface area contributed by atoms with Gasteiger partial charge in [0, 0.05) is 28.6 Å². The van der Waals surface area contributed by atoms with Gasteiger partial charge in [0.2, 0.25) is 0 Å². The Hall–Kier alpha value is -0.370. The van der Waals surface area contributed by atoms with Crippen molar-refractivity contribution in [2.75, 3.05) is 0 Å². The van der Waals surface area contributed by atoms with E-state index >= 15 is 0 Å². The molecular weight excluding hydrogens is 206 g/mol. The second-order valence-electron chi connectivity index (χ2n) is 1.46. The number of rotatable bonds is 1. The molecule has 0 spiro atoms. The van der Waals surface area contributed by atoms with Crippen molar-refractivity contribution >= 4 is 6.08 Å². The average molecular weight is 213 g/mol. The van der Waals surface area contributed by atoms with Crippen LogP contribution in [0.1, 0.15) is 5.69 Å². The van der Waals surface area contributed by atoms with Crippen LogP contribution >= 0.6 is 0 Å². The van der Waals surface area contributed by atoms with Crippen LogP contribution in [0.3, 0.4) is 0 Å². The molecule has 2 heteroatoms. The van der Waals surface area contributed by atoms with E-state index in [0.29, 0.717) is 0 Å². The van der Waals surface area contributed by atoms with Crippen molar-refractivity contribution < 1.29 is 22.4 Å². The minimum Gasteiger partial charge on any atom is -0.257 e. The van der Waals surface area contributed by atoms with E-state index in [2.05, 4.69) is 11.6 Å². The molecule has 9 heavy (non-hydrogen) atoms. The second kappa shape index (κ2) is 4.50. The van der Waals surface area contributed by atoms with Crippen molar-refractivity contribution in [2.24, 2.45) is 0 Å². The quantitative estimate of drug-likeness (QED) is 0.647. The van der Waals surface area contributed by atoms with Gasteiger partial charge in [0.25, 0.3) is 0 Å². The first-order chi connectivity index (χ1) is 3.93. The normalized spacial score (nSPS) is 7.56. The van der Waals surface area contributed by atoms with Crippen molar-refractivity contribution in [3.63, 3.8) is 0 Å². The first kappa shape index (κ1) is 8.63. The molecule has 0 N–H and O–H groups in total. The van der Waals surface area contributed by atoms with E-state index < -0.39 is 0 Å². The van der Waals surface area contributed by atoms with Gasteiger partial charge in [-0.05, 0) is 18.2 Å². The van der Waals surface area contributed by atoms with Crippen LogP contribution in [-0.2, 0) is 22.4 Å². The van der Waals surface area contributed by atoms with E-state index in [1.165, 1.54) is 0 Å². The zero-order valence-electron chi connectivity index (χ0n) is 4.84. The molecule has 1 aromatic rings. The van der Waals surface area contributed by atoms with Gasteiger partial charge in [-0.3, -0.25) is 4.98 Å². The summed E-state index contributed by atoms with van der Waals surface area (Å²) in [5.41, 5.74) is 0.924. The average Bonchev–Trinajstić information content (AvgIpc) is 1.90. The smallest absolute Gasteiger partial charge is 0.0623 e. The van der Waals surface area contributed by atoms with Gasteiger partial charge in [-0.25, -0.2) is 0 Å². The third-order valence-corrected chi connectivity index (χ3v) is 0.897. The zero-order chi connectivity index (χ0) is 5.82. The summed E-state index contributed by atoms with van der Waals surface area (Å²) in [6.07, 6.45) is 3.47. The monoisotopic (exact) mass is 212 g/mol. The molecular formula is C7H7AgN. The fraction of sp³-hybridized carbons (Fsp3) is 0. The maximum Gasteiger partial charge on any atom is 0.0623 e. The van der Waals surface area contributed by atoms with Crippen LogP contribution in [0.15, 0.2) is 31.0 Å². The summed E-state index contributed by atoms with van der Waals surface area (Å²) < 4.78 is 0. The summed E-state index contributed by atoms with van der Waals surface area (Å²) >= 11 is 0. The minimum absolute atomic E-state index is 0. The van der Waals surface area contributed by atoms with E-state index in [4.69, 9.17) is 0 Å². The van der Waals surface area contributed by atoms with Crippen LogP contribution in [0, 0.1) is 0 Å². The molecule has 0 saturated heterocycles. The predicted molar refractivity (Wildman–Crippen MR) is 34.3 cm³/mol. The Kier molecular flexibility index (Phi) is 4.32. The van der Waals surface area contributed by atoms with E-state index in [0.717, 1.165) is 5.69 Å². The molecule has 0 saturated carbocycles. The number of hydrogen-bond donors (Lipinski definition) is 0. The Labute approximate surface area is 70.3 Å². The first-order valence-electron chi connectivity index (χ1n) is 2.47. The third-order valence-electron chi connectivity index (χ3n) is 0.897. The summed E-state index contributed by atoms with van der Waals surface area (Å²) in [7, 11) is 0. The number of hydrogen-bond acceptors (Lipinski definition) is 1. The van der Waals surface area contributed by atoms with E-state index in [1.54, 1.807) is 12.3 Å². The van der Waals surface area contributed by atoms with Gasteiger partial charge in [0.1, 0.15) is 0 Å². The van der Waals surface area contributed by atoms with Gasteiger partial charge in [-0.1, -0.05) is 12.6 Å². The molecule has 0 fully saturated rings. The third kappa shape index (κ3) is 2.61. The SMILES string of the molecule is C=Cc1ccccn1.[Ag]. The first-order valence-corrected chi connectivity index (χ1v) is 2.47. The number of aromatic nitrogens is 1. The molecule has 1 aromatic heterocycles. The second-order valence-corrected chi connectivity index (χ2v) is 1.46. The van der Waals surface area contributed by atoms with Crippen molar-refractivity contribution in [3.8, 4) is 0 Å². The van der Waals surface area contributed by atoms with Gasteiger partial charge < -0.3 is 0 Å². The fourth-order valence-electron chi connectivity index (χ4n) is 0.497. The van der Waals surface area contributed by atoms with Crippen molar-refractivity contribution in [1.82, 2.24) is 4.98 Å². The van der Waals surface area contributed by atoms with Crippen molar-refractivity contribution in [1.29, 1.82) is 0 Å². The maximum atomic E-state index is 3.98. The van der Waals surface area contributed by atoms with Crippen LogP contribution in [-0.4, -0.2) is 4.98 Å². The summed E-state index contributed by atoms with van der Waals surface area (Å²) in [6, 6.07) is 5.73. The van der Waals surface area contributed by atoms with Gasteiger partial charge in [-0.2, -0.15) is 0 Å². The summed E-state index contributed by atoms with van der Waals surface area (Å²) in [5.74, 6) is 0. The molecule has 0 bridgehead atoms. The van der Waals surface area contributed by atoms with E-state index in [1.807, 2.05) is 18.2 Å².